The first-order valence-corrected chi connectivity index (χ1v) is 23.7. The van der Waals surface area contributed by atoms with Crippen molar-refractivity contribution in [1.29, 1.82) is 0 Å². The molecule has 0 saturated carbocycles. The number of aliphatic carboxylic acids is 2. The van der Waals surface area contributed by atoms with Crippen molar-refractivity contribution >= 4 is 78.6 Å². The number of benzene rings is 3. The lowest BCUT2D eigenvalue weighted by atomic mass is 10.1. The quantitative estimate of drug-likeness (QED) is 0.0413. The van der Waals surface area contributed by atoms with Gasteiger partial charge in [0.15, 0.2) is 0 Å². The molecule has 49 heavy (non-hydrogen) atoms. The van der Waals surface area contributed by atoms with Crippen LogP contribution in [0.25, 0.3) is 0 Å². The van der Waals surface area contributed by atoms with E-state index in [1.54, 1.807) is 11.8 Å². The second kappa shape index (κ2) is 29.3. The summed E-state index contributed by atoms with van der Waals surface area (Å²) in [7, 11) is 7.65. The van der Waals surface area contributed by atoms with Crippen molar-refractivity contribution in [3.63, 3.8) is 0 Å². The summed E-state index contributed by atoms with van der Waals surface area (Å²) in [4.78, 5) is 22.6. The van der Waals surface area contributed by atoms with Gasteiger partial charge in [-0.25, -0.2) is 0 Å². The first-order chi connectivity index (χ1) is 23.9. The molecular formula is C38H52O5S6. The third kappa shape index (κ3) is 23.7. The summed E-state index contributed by atoms with van der Waals surface area (Å²) in [5.74, 6) is 2.78. The van der Waals surface area contributed by atoms with Crippen LogP contribution in [0, 0.1) is 0 Å². The largest absolute Gasteiger partial charge is 0.481 e. The van der Waals surface area contributed by atoms with Crippen molar-refractivity contribution in [2.24, 2.45) is 0 Å². The van der Waals surface area contributed by atoms with E-state index >= 15 is 0 Å². The standard InChI is InChI=1S/C22H28O3S2.C16H24O2S4/c23-21(24)14-8-7-13-20(27-17-18-9-3-1-4-10-18)15-16-26-22(25)19-11-5-2-6-12-19;1-2-19-20-13-12-15(10-6-7-11-16(17)18)22-21-14-8-4-3-5-9-14/h1-6,9-12,20,22,25H,7-8,13-17H2,(H,23,24);3-5,8-9,15H,2,6-7,10-13H2,1H3,(H,17,18). The Morgan fingerprint density at radius 3 is 1.78 bits per heavy atom. The van der Waals surface area contributed by atoms with E-state index in [-0.39, 0.29) is 6.42 Å². The fourth-order valence-electron chi connectivity index (χ4n) is 4.58. The predicted molar refractivity (Wildman–Crippen MR) is 221 cm³/mol. The van der Waals surface area contributed by atoms with Gasteiger partial charge in [-0.2, -0.15) is 11.8 Å². The van der Waals surface area contributed by atoms with Gasteiger partial charge in [-0.3, -0.25) is 9.59 Å². The van der Waals surface area contributed by atoms with Crippen molar-refractivity contribution in [2.75, 3.05) is 17.3 Å². The van der Waals surface area contributed by atoms with Crippen LogP contribution in [-0.4, -0.2) is 55.0 Å². The van der Waals surface area contributed by atoms with E-state index in [9.17, 15) is 14.7 Å². The minimum absolute atomic E-state index is 0.248. The van der Waals surface area contributed by atoms with Crippen LogP contribution < -0.4 is 0 Å². The Labute approximate surface area is 318 Å². The zero-order chi connectivity index (χ0) is 35.4. The molecule has 3 atom stereocenters. The van der Waals surface area contributed by atoms with Gasteiger partial charge in [-0.15, -0.1) is 11.8 Å². The molecule has 3 aromatic carbocycles. The molecule has 0 aromatic heterocycles. The molecule has 0 spiro atoms. The van der Waals surface area contributed by atoms with Gasteiger partial charge in [0.1, 0.15) is 5.44 Å². The van der Waals surface area contributed by atoms with E-state index in [2.05, 4.69) is 55.5 Å². The maximum atomic E-state index is 10.7. The van der Waals surface area contributed by atoms with E-state index in [1.165, 1.54) is 22.6 Å². The molecule has 3 unspecified atom stereocenters. The summed E-state index contributed by atoms with van der Waals surface area (Å²) in [6.45, 7) is 2.18. The van der Waals surface area contributed by atoms with Crippen LogP contribution in [0.2, 0.25) is 0 Å². The monoisotopic (exact) mass is 780 g/mol. The summed E-state index contributed by atoms with van der Waals surface area (Å²) in [6.07, 6.45) is 8.34. The molecule has 3 aromatic rings. The van der Waals surface area contributed by atoms with Crippen LogP contribution in [0.5, 0.6) is 0 Å². The van der Waals surface area contributed by atoms with Gasteiger partial charge in [0.05, 0.1) is 0 Å². The lowest BCUT2D eigenvalue weighted by Crippen LogP contribution is -2.07. The topological polar surface area (TPSA) is 94.8 Å². The zero-order valence-corrected chi connectivity index (χ0v) is 33.3. The number of aliphatic hydroxyl groups is 1. The molecule has 0 aliphatic heterocycles. The van der Waals surface area contributed by atoms with Gasteiger partial charge in [-0.05, 0) is 67.5 Å². The molecule has 0 saturated heterocycles. The van der Waals surface area contributed by atoms with Gasteiger partial charge in [-0.1, -0.05) is 142 Å². The van der Waals surface area contributed by atoms with Crippen molar-refractivity contribution < 1.29 is 24.9 Å². The van der Waals surface area contributed by atoms with Gasteiger partial charge < -0.3 is 15.3 Å². The summed E-state index contributed by atoms with van der Waals surface area (Å²) in [6, 6.07) is 30.6. The van der Waals surface area contributed by atoms with Crippen LogP contribution in [-0.2, 0) is 15.3 Å². The Hall–Kier alpha value is -1.34. The number of thioether (sulfide) groups is 2. The first kappa shape index (κ1) is 43.8. The van der Waals surface area contributed by atoms with Crippen LogP contribution in [0.1, 0.15) is 87.7 Å². The molecule has 0 aliphatic rings. The van der Waals surface area contributed by atoms with Gasteiger partial charge in [0.25, 0.3) is 0 Å². The molecule has 0 radical (unpaired) electrons. The van der Waals surface area contributed by atoms with Crippen LogP contribution in [0.3, 0.4) is 0 Å². The van der Waals surface area contributed by atoms with Crippen LogP contribution in [0.15, 0.2) is 95.9 Å². The van der Waals surface area contributed by atoms with E-state index in [4.69, 9.17) is 10.2 Å². The molecule has 5 nitrogen and oxygen atoms in total. The summed E-state index contributed by atoms with van der Waals surface area (Å²) >= 11 is 3.51. The molecule has 0 bridgehead atoms. The summed E-state index contributed by atoms with van der Waals surface area (Å²) in [5.41, 5.74) is 1.77. The number of carbonyl (C=O) groups is 2. The Kier molecular flexibility index (Phi) is 26.2. The fourth-order valence-corrected chi connectivity index (χ4v) is 11.6. The van der Waals surface area contributed by atoms with E-state index in [0.29, 0.717) is 16.9 Å². The molecule has 0 fully saturated rings. The van der Waals surface area contributed by atoms with Crippen molar-refractivity contribution in [3.05, 3.63) is 102 Å². The Morgan fingerprint density at radius 2 is 1.18 bits per heavy atom. The zero-order valence-electron chi connectivity index (χ0n) is 28.4. The predicted octanol–water partition coefficient (Wildman–Crippen LogP) is 12.0. The van der Waals surface area contributed by atoms with Crippen molar-refractivity contribution in [1.82, 2.24) is 0 Å². The van der Waals surface area contributed by atoms with Gasteiger partial charge >= 0.3 is 11.9 Å². The third-order valence-electron chi connectivity index (χ3n) is 7.21. The molecule has 0 aliphatic carbocycles. The van der Waals surface area contributed by atoms with Crippen molar-refractivity contribution in [2.45, 2.75) is 97.7 Å². The number of unbranched alkanes of at least 4 members (excludes halogenated alkanes) is 2. The summed E-state index contributed by atoms with van der Waals surface area (Å²) in [5, 5.41) is 28.9. The number of rotatable bonds is 26. The van der Waals surface area contributed by atoms with Gasteiger partial charge in [0, 0.05) is 45.5 Å². The average molecular weight is 781 g/mol. The number of carboxylic acids is 2. The maximum Gasteiger partial charge on any atom is 0.303 e. The van der Waals surface area contributed by atoms with E-state index in [1.807, 2.05) is 97.4 Å². The first-order valence-electron chi connectivity index (χ1n) is 16.9. The second-order valence-corrected chi connectivity index (χ2v) is 19.2. The Bertz CT molecular complexity index is 1240. The molecule has 0 heterocycles. The number of carboxylic acid groups (broad SMARTS) is 2. The molecule has 3 rings (SSSR count). The maximum absolute atomic E-state index is 10.7. The normalized spacial score (nSPS) is 12.8. The molecule has 270 valence electrons. The molecule has 11 heteroatoms. The number of aliphatic hydroxyl groups excluding tert-OH is 1. The number of hydrogen-bond acceptors (Lipinski definition) is 9. The highest BCUT2D eigenvalue weighted by atomic mass is 33.1. The average Bonchev–Trinajstić information content (AvgIpc) is 3.12. The molecule has 3 N–H and O–H groups in total. The SMILES string of the molecule is CCSSCCC(CCCCC(=O)O)SSc1ccccc1.O=C(O)CCCCC(CCSC(O)c1ccccc1)SCc1ccccc1. The van der Waals surface area contributed by atoms with E-state index < -0.39 is 17.4 Å². The van der Waals surface area contributed by atoms with Gasteiger partial charge in [0.2, 0.25) is 0 Å². The van der Waals surface area contributed by atoms with Crippen molar-refractivity contribution in [3.8, 4) is 0 Å². The van der Waals surface area contributed by atoms with E-state index in [0.717, 1.165) is 67.8 Å². The lowest BCUT2D eigenvalue weighted by Gasteiger charge is -2.18. The smallest absolute Gasteiger partial charge is 0.303 e. The fraction of sp³-hybridized carbons (Fsp3) is 0.474. The molecule has 0 amide bonds. The highest BCUT2D eigenvalue weighted by Gasteiger charge is 2.14. The summed E-state index contributed by atoms with van der Waals surface area (Å²) < 4.78 is 0. The minimum Gasteiger partial charge on any atom is -0.481 e. The Balaban J connectivity index is 0.000000348. The molecular weight excluding hydrogens is 729 g/mol. The Morgan fingerprint density at radius 1 is 0.633 bits per heavy atom. The minimum atomic E-state index is -0.718. The highest BCUT2D eigenvalue weighted by Crippen LogP contribution is 2.39. The lowest BCUT2D eigenvalue weighted by molar-refractivity contribution is -0.138. The number of hydrogen-bond donors (Lipinski definition) is 3. The second-order valence-electron chi connectivity index (χ2n) is 11.3. The van der Waals surface area contributed by atoms with Crippen LogP contribution >= 0.6 is 66.7 Å². The third-order valence-corrected chi connectivity index (χ3v) is 15.2. The highest BCUT2D eigenvalue weighted by molar-refractivity contribution is 8.77. The van der Waals surface area contributed by atoms with Crippen LogP contribution in [0.4, 0.5) is 0 Å².